The van der Waals surface area contributed by atoms with Crippen molar-refractivity contribution in [3.05, 3.63) is 62.6 Å². The molecule has 0 atom stereocenters. The van der Waals surface area contributed by atoms with Gasteiger partial charge in [0.1, 0.15) is 0 Å². The molecule has 0 bridgehead atoms. The van der Waals surface area contributed by atoms with E-state index in [0.29, 0.717) is 47.4 Å². The molecule has 1 fully saturated rings. The number of hydrogen-bond donors (Lipinski definition) is 0. The maximum Gasteiger partial charge on any atom is 0.243 e. The third-order valence-electron chi connectivity index (χ3n) is 5.79. The van der Waals surface area contributed by atoms with E-state index in [4.69, 9.17) is 23.2 Å². The SMILES string of the molecule is Cc1cc(C)c(S(=O)(=O)N2CCC(C(=O)N(C)Cc3ccc(Cl)c(Cl)c3)CC2)c(C)c1. The zero-order valence-corrected chi connectivity index (χ0v) is 20.6. The third kappa shape index (κ3) is 5.25. The van der Waals surface area contributed by atoms with Gasteiger partial charge < -0.3 is 4.90 Å². The fourth-order valence-corrected chi connectivity index (χ4v) is 6.55. The number of benzene rings is 2. The molecule has 1 aliphatic heterocycles. The Kier molecular flexibility index (Phi) is 7.36. The predicted molar refractivity (Wildman–Crippen MR) is 125 cm³/mol. The van der Waals surface area contributed by atoms with Crippen LogP contribution in [0.1, 0.15) is 35.1 Å². The fraction of sp³-hybridized carbons (Fsp3) is 0.435. The highest BCUT2D eigenvalue weighted by atomic mass is 35.5. The molecule has 0 unspecified atom stereocenters. The van der Waals surface area contributed by atoms with Gasteiger partial charge in [0.15, 0.2) is 0 Å². The number of aryl methyl sites for hydroxylation is 3. The van der Waals surface area contributed by atoms with Gasteiger partial charge in [0, 0.05) is 32.6 Å². The van der Waals surface area contributed by atoms with Crippen LogP contribution in [0.15, 0.2) is 35.2 Å². The lowest BCUT2D eigenvalue weighted by molar-refractivity contribution is -0.135. The van der Waals surface area contributed by atoms with Crippen molar-refractivity contribution in [3.63, 3.8) is 0 Å². The van der Waals surface area contributed by atoms with Gasteiger partial charge in [-0.05, 0) is 62.4 Å². The maximum absolute atomic E-state index is 13.3. The van der Waals surface area contributed by atoms with Crippen LogP contribution in [0.25, 0.3) is 0 Å². The summed E-state index contributed by atoms with van der Waals surface area (Å²) >= 11 is 12.0. The van der Waals surface area contributed by atoms with Crippen LogP contribution in [-0.4, -0.2) is 43.7 Å². The van der Waals surface area contributed by atoms with Gasteiger partial charge in [-0.3, -0.25) is 4.79 Å². The molecule has 5 nitrogen and oxygen atoms in total. The minimum Gasteiger partial charge on any atom is -0.341 e. The van der Waals surface area contributed by atoms with E-state index in [2.05, 4.69) is 0 Å². The summed E-state index contributed by atoms with van der Waals surface area (Å²) in [7, 11) is -1.83. The molecule has 0 N–H and O–H groups in total. The third-order valence-corrected chi connectivity index (χ3v) is 8.73. The van der Waals surface area contributed by atoms with Gasteiger partial charge >= 0.3 is 0 Å². The lowest BCUT2D eigenvalue weighted by Gasteiger charge is -2.33. The number of sulfonamides is 1. The minimum atomic E-state index is -3.59. The second-order valence-electron chi connectivity index (χ2n) is 8.35. The van der Waals surface area contributed by atoms with E-state index >= 15 is 0 Å². The lowest BCUT2D eigenvalue weighted by Crippen LogP contribution is -2.43. The Hall–Kier alpha value is -1.60. The molecule has 2 aromatic carbocycles. The van der Waals surface area contributed by atoms with Crippen LogP contribution in [0, 0.1) is 26.7 Å². The molecule has 0 aliphatic carbocycles. The van der Waals surface area contributed by atoms with Gasteiger partial charge in [-0.2, -0.15) is 4.31 Å². The van der Waals surface area contributed by atoms with Crippen LogP contribution >= 0.6 is 23.2 Å². The molecule has 1 saturated heterocycles. The Morgan fingerprint density at radius 3 is 2.16 bits per heavy atom. The first-order valence-electron chi connectivity index (χ1n) is 10.3. The van der Waals surface area contributed by atoms with Gasteiger partial charge in [0.25, 0.3) is 0 Å². The highest BCUT2D eigenvalue weighted by molar-refractivity contribution is 7.89. The summed E-state index contributed by atoms with van der Waals surface area (Å²) in [6, 6.07) is 9.12. The molecule has 0 aromatic heterocycles. The normalized spacial score (nSPS) is 15.8. The van der Waals surface area contributed by atoms with Gasteiger partial charge in [-0.25, -0.2) is 8.42 Å². The van der Waals surface area contributed by atoms with Crippen LogP contribution in [0.3, 0.4) is 0 Å². The summed E-state index contributed by atoms with van der Waals surface area (Å²) in [5.74, 6) is -0.176. The van der Waals surface area contributed by atoms with Crippen molar-refractivity contribution in [2.24, 2.45) is 5.92 Å². The Balaban J connectivity index is 1.66. The van der Waals surface area contributed by atoms with Crippen LogP contribution < -0.4 is 0 Å². The van der Waals surface area contributed by atoms with Crippen LogP contribution in [0.5, 0.6) is 0 Å². The lowest BCUT2D eigenvalue weighted by atomic mass is 9.96. The molecule has 8 heteroatoms. The molecule has 1 heterocycles. The Labute approximate surface area is 195 Å². The first-order valence-corrected chi connectivity index (χ1v) is 12.5. The topological polar surface area (TPSA) is 57.7 Å². The number of carbonyl (C=O) groups is 1. The van der Waals surface area contributed by atoms with Gasteiger partial charge in [-0.1, -0.05) is 47.0 Å². The van der Waals surface area contributed by atoms with Gasteiger partial charge in [0.05, 0.1) is 14.9 Å². The van der Waals surface area contributed by atoms with Crippen LogP contribution in [0.4, 0.5) is 0 Å². The van der Waals surface area contributed by atoms with E-state index < -0.39 is 10.0 Å². The summed E-state index contributed by atoms with van der Waals surface area (Å²) < 4.78 is 28.0. The van der Waals surface area contributed by atoms with Gasteiger partial charge in [0.2, 0.25) is 15.9 Å². The number of rotatable bonds is 5. The standard InChI is InChI=1S/C23H28Cl2N2O3S/c1-15-11-16(2)22(17(3)12-15)31(29,30)27-9-7-19(8-10-27)23(28)26(4)14-18-5-6-20(24)21(25)13-18/h5-6,11-13,19H,7-10,14H2,1-4H3. The van der Waals surface area contributed by atoms with Crippen LogP contribution in [-0.2, 0) is 21.4 Å². The summed E-state index contributed by atoms with van der Waals surface area (Å²) in [4.78, 5) is 15.0. The molecular weight excluding hydrogens is 455 g/mol. The van der Waals surface area contributed by atoms with E-state index in [1.165, 1.54) is 4.31 Å². The number of carbonyl (C=O) groups excluding carboxylic acids is 1. The molecular formula is C23H28Cl2N2O3S. The van der Waals surface area contributed by atoms with Gasteiger partial charge in [-0.15, -0.1) is 0 Å². The molecule has 0 radical (unpaired) electrons. The molecule has 1 aliphatic rings. The van der Waals surface area contributed by atoms with Crippen molar-refractivity contribution in [2.75, 3.05) is 20.1 Å². The minimum absolute atomic E-state index is 0.0193. The van der Waals surface area contributed by atoms with Crippen molar-refractivity contribution >= 4 is 39.1 Å². The van der Waals surface area contributed by atoms with Crippen molar-refractivity contribution < 1.29 is 13.2 Å². The summed E-state index contributed by atoms with van der Waals surface area (Å²) in [5.41, 5.74) is 3.47. The summed E-state index contributed by atoms with van der Waals surface area (Å²) in [6.07, 6.45) is 1.02. The predicted octanol–water partition coefficient (Wildman–Crippen LogP) is 4.98. The molecule has 31 heavy (non-hydrogen) atoms. The maximum atomic E-state index is 13.3. The number of hydrogen-bond acceptors (Lipinski definition) is 3. The van der Waals surface area contributed by atoms with Crippen molar-refractivity contribution in [1.82, 2.24) is 9.21 Å². The molecule has 168 valence electrons. The zero-order valence-electron chi connectivity index (χ0n) is 18.3. The Bertz CT molecular complexity index is 1070. The number of piperidine rings is 1. The van der Waals surface area contributed by atoms with E-state index in [-0.39, 0.29) is 11.8 Å². The first-order chi connectivity index (χ1) is 14.5. The van der Waals surface area contributed by atoms with Crippen molar-refractivity contribution in [3.8, 4) is 0 Å². The molecule has 0 saturated carbocycles. The fourth-order valence-electron chi connectivity index (χ4n) is 4.35. The number of nitrogens with zero attached hydrogens (tertiary/aromatic N) is 2. The zero-order chi connectivity index (χ0) is 22.9. The highest BCUT2D eigenvalue weighted by Crippen LogP contribution is 2.30. The molecule has 3 rings (SSSR count). The summed E-state index contributed by atoms with van der Waals surface area (Å²) in [6.45, 7) is 6.73. The highest BCUT2D eigenvalue weighted by Gasteiger charge is 2.34. The average molecular weight is 483 g/mol. The monoisotopic (exact) mass is 482 g/mol. The smallest absolute Gasteiger partial charge is 0.243 e. The van der Waals surface area contributed by atoms with Crippen molar-refractivity contribution in [1.29, 1.82) is 0 Å². The average Bonchev–Trinajstić information content (AvgIpc) is 2.69. The molecule has 2 aromatic rings. The second kappa shape index (κ2) is 9.49. The molecule has 1 amide bonds. The van der Waals surface area contributed by atoms with E-state index in [0.717, 1.165) is 22.3 Å². The van der Waals surface area contributed by atoms with E-state index in [1.54, 1.807) is 24.1 Å². The van der Waals surface area contributed by atoms with E-state index in [1.807, 2.05) is 39.0 Å². The van der Waals surface area contributed by atoms with Crippen LogP contribution in [0.2, 0.25) is 10.0 Å². The van der Waals surface area contributed by atoms with Crippen molar-refractivity contribution in [2.45, 2.75) is 45.1 Å². The second-order valence-corrected chi connectivity index (χ2v) is 11.0. The Morgan fingerprint density at radius 1 is 1.03 bits per heavy atom. The Morgan fingerprint density at radius 2 is 1.61 bits per heavy atom. The quantitative estimate of drug-likeness (QED) is 0.603. The summed E-state index contributed by atoms with van der Waals surface area (Å²) in [5, 5.41) is 0.937. The number of amides is 1. The molecule has 0 spiro atoms. The largest absolute Gasteiger partial charge is 0.341 e. The number of halogens is 2. The van der Waals surface area contributed by atoms with E-state index in [9.17, 15) is 13.2 Å². The first kappa shape index (κ1) is 24.1.